The van der Waals surface area contributed by atoms with Crippen molar-refractivity contribution >= 4 is 11.9 Å². The summed E-state index contributed by atoms with van der Waals surface area (Å²) in [5.41, 5.74) is -0.290. The van der Waals surface area contributed by atoms with Crippen LogP contribution in [0.2, 0.25) is 0 Å². The summed E-state index contributed by atoms with van der Waals surface area (Å²) in [5, 5.41) is 11.9. The van der Waals surface area contributed by atoms with Gasteiger partial charge in [0.15, 0.2) is 0 Å². The summed E-state index contributed by atoms with van der Waals surface area (Å²) in [5.74, 6) is -1.30. The molecule has 5 nitrogen and oxygen atoms in total. The molecule has 2 aliphatic carbocycles. The lowest BCUT2D eigenvalue weighted by molar-refractivity contribution is -0.142. The second kappa shape index (κ2) is 5.26. The fraction of sp³-hybridized carbons (Fsp3) is 0.846. The van der Waals surface area contributed by atoms with Gasteiger partial charge < -0.3 is 15.2 Å². The van der Waals surface area contributed by atoms with E-state index in [4.69, 9.17) is 9.84 Å². The van der Waals surface area contributed by atoms with E-state index in [1.165, 1.54) is 0 Å². The quantitative estimate of drug-likeness (QED) is 0.776. The Balaban J connectivity index is 1.85. The Morgan fingerprint density at radius 2 is 2.06 bits per heavy atom. The molecule has 1 amide bonds. The first-order chi connectivity index (χ1) is 8.56. The molecule has 2 rings (SSSR count). The summed E-state index contributed by atoms with van der Waals surface area (Å²) in [6.45, 7) is 0. The molecule has 0 heterocycles. The minimum Gasteiger partial charge on any atom is -0.481 e. The molecule has 2 N–H and O–H groups in total. The second-order valence-electron chi connectivity index (χ2n) is 5.47. The van der Waals surface area contributed by atoms with Crippen molar-refractivity contribution in [2.24, 2.45) is 5.92 Å². The number of carboxylic acids is 1. The van der Waals surface area contributed by atoms with Crippen molar-refractivity contribution in [3.63, 3.8) is 0 Å². The molecule has 2 atom stereocenters. The molecule has 102 valence electrons. The third-order valence-electron chi connectivity index (χ3n) is 4.36. The van der Waals surface area contributed by atoms with Gasteiger partial charge in [-0.3, -0.25) is 9.59 Å². The summed E-state index contributed by atoms with van der Waals surface area (Å²) in [6, 6.07) is -0.205. The molecule has 2 aliphatic rings. The molecule has 0 radical (unpaired) electrons. The lowest BCUT2D eigenvalue weighted by Gasteiger charge is -2.40. The molecule has 0 aromatic rings. The van der Waals surface area contributed by atoms with E-state index in [1.807, 2.05) is 0 Å². The van der Waals surface area contributed by atoms with Gasteiger partial charge in [0, 0.05) is 13.2 Å². The molecule has 0 saturated heterocycles. The first kappa shape index (κ1) is 13.3. The number of nitrogens with one attached hydrogen (secondary N) is 1. The highest BCUT2D eigenvalue weighted by atomic mass is 16.5. The minimum atomic E-state index is -0.803. The van der Waals surface area contributed by atoms with Crippen LogP contribution >= 0.6 is 0 Å². The molecule has 0 aromatic heterocycles. The summed E-state index contributed by atoms with van der Waals surface area (Å²) in [6.07, 6.45) is 5.60. The maximum atomic E-state index is 12.0. The Labute approximate surface area is 107 Å². The van der Waals surface area contributed by atoms with E-state index in [-0.39, 0.29) is 17.6 Å². The van der Waals surface area contributed by atoms with Crippen LogP contribution in [0.25, 0.3) is 0 Å². The Hall–Kier alpha value is -1.10. The lowest BCUT2D eigenvalue weighted by atomic mass is 9.77. The number of methoxy groups -OCH3 is 1. The van der Waals surface area contributed by atoms with Gasteiger partial charge in [-0.1, -0.05) is 6.42 Å². The van der Waals surface area contributed by atoms with Crippen molar-refractivity contribution in [1.82, 2.24) is 5.32 Å². The van der Waals surface area contributed by atoms with E-state index in [9.17, 15) is 9.59 Å². The van der Waals surface area contributed by atoms with Crippen molar-refractivity contribution in [2.45, 2.75) is 56.6 Å². The van der Waals surface area contributed by atoms with Gasteiger partial charge in [0.2, 0.25) is 5.91 Å². The summed E-state index contributed by atoms with van der Waals surface area (Å²) < 4.78 is 5.41. The average molecular weight is 255 g/mol. The molecule has 0 spiro atoms. The van der Waals surface area contributed by atoms with Gasteiger partial charge in [0.05, 0.1) is 17.9 Å². The van der Waals surface area contributed by atoms with E-state index < -0.39 is 11.9 Å². The summed E-state index contributed by atoms with van der Waals surface area (Å²) >= 11 is 0. The highest BCUT2D eigenvalue weighted by molar-refractivity contribution is 5.79. The SMILES string of the molecule is COC1(CC(=O)NC2CCCC2C(=O)O)CCC1. The third-order valence-corrected chi connectivity index (χ3v) is 4.36. The standard InChI is InChI=1S/C13H21NO4/c1-18-13(6-3-7-13)8-11(15)14-10-5-2-4-9(10)12(16)17/h9-10H,2-8H2,1H3,(H,14,15)(H,16,17). The summed E-state index contributed by atoms with van der Waals surface area (Å²) in [7, 11) is 1.64. The van der Waals surface area contributed by atoms with Gasteiger partial charge in [-0.2, -0.15) is 0 Å². The van der Waals surface area contributed by atoms with Crippen LogP contribution < -0.4 is 5.32 Å². The molecule has 0 aliphatic heterocycles. The zero-order valence-corrected chi connectivity index (χ0v) is 10.8. The Morgan fingerprint density at radius 1 is 1.33 bits per heavy atom. The van der Waals surface area contributed by atoms with Crippen LogP contribution in [0.3, 0.4) is 0 Å². The maximum Gasteiger partial charge on any atom is 0.308 e. The zero-order chi connectivity index (χ0) is 13.2. The van der Waals surface area contributed by atoms with Crippen LogP contribution in [0, 0.1) is 5.92 Å². The van der Waals surface area contributed by atoms with Crippen molar-refractivity contribution in [2.75, 3.05) is 7.11 Å². The molecule has 2 saturated carbocycles. The van der Waals surface area contributed by atoms with E-state index in [0.717, 1.165) is 32.1 Å². The molecular weight excluding hydrogens is 234 g/mol. The topological polar surface area (TPSA) is 75.6 Å². The zero-order valence-electron chi connectivity index (χ0n) is 10.8. The molecular formula is C13H21NO4. The number of aliphatic carboxylic acids is 1. The van der Waals surface area contributed by atoms with E-state index in [2.05, 4.69) is 5.32 Å². The number of rotatable bonds is 5. The predicted octanol–water partition coefficient (Wildman–Crippen LogP) is 1.32. The molecule has 5 heteroatoms. The van der Waals surface area contributed by atoms with Gasteiger partial charge in [-0.25, -0.2) is 0 Å². The van der Waals surface area contributed by atoms with Crippen LogP contribution in [-0.4, -0.2) is 35.7 Å². The van der Waals surface area contributed by atoms with Crippen molar-refractivity contribution in [1.29, 1.82) is 0 Å². The van der Waals surface area contributed by atoms with Crippen LogP contribution in [0.4, 0.5) is 0 Å². The normalized spacial score (nSPS) is 29.6. The van der Waals surface area contributed by atoms with Gasteiger partial charge >= 0.3 is 5.97 Å². The van der Waals surface area contributed by atoms with E-state index in [1.54, 1.807) is 7.11 Å². The Bertz CT molecular complexity index is 332. The molecule has 18 heavy (non-hydrogen) atoms. The fourth-order valence-corrected chi connectivity index (χ4v) is 3.00. The highest BCUT2D eigenvalue weighted by Crippen LogP contribution is 2.38. The first-order valence-electron chi connectivity index (χ1n) is 6.64. The van der Waals surface area contributed by atoms with Gasteiger partial charge in [0.25, 0.3) is 0 Å². The van der Waals surface area contributed by atoms with Gasteiger partial charge in [-0.05, 0) is 32.1 Å². The maximum absolute atomic E-state index is 12.0. The Morgan fingerprint density at radius 3 is 2.56 bits per heavy atom. The highest BCUT2D eigenvalue weighted by Gasteiger charge is 2.40. The van der Waals surface area contributed by atoms with E-state index in [0.29, 0.717) is 12.8 Å². The lowest BCUT2D eigenvalue weighted by Crippen LogP contribution is -2.47. The number of carboxylic acid groups (broad SMARTS) is 1. The number of carbonyl (C=O) groups excluding carboxylic acids is 1. The van der Waals surface area contributed by atoms with Gasteiger partial charge in [-0.15, -0.1) is 0 Å². The number of ether oxygens (including phenoxy) is 1. The molecule has 2 unspecified atom stereocenters. The van der Waals surface area contributed by atoms with Crippen LogP contribution in [0.5, 0.6) is 0 Å². The first-order valence-corrected chi connectivity index (χ1v) is 6.64. The van der Waals surface area contributed by atoms with Crippen molar-refractivity contribution < 1.29 is 19.4 Å². The smallest absolute Gasteiger partial charge is 0.308 e. The van der Waals surface area contributed by atoms with Crippen LogP contribution in [-0.2, 0) is 14.3 Å². The number of carbonyl (C=O) groups is 2. The van der Waals surface area contributed by atoms with Crippen LogP contribution in [0.15, 0.2) is 0 Å². The fourth-order valence-electron chi connectivity index (χ4n) is 3.00. The second-order valence-corrected chi connectivity index (χ2v) is 5.47. The largest absolute Gasteiger partial charge is 0.481 e. The van der Waals surface area contributed by atoms with Crippen LogP contribution in [0.1, 0.15) is 44.9 Å². The molecule has 0 aromatic carbocycles. The minimum absolute atomic E-state index is 0.0744. The Kier molecular flexibility index (Phi) is 3.90. The van der Waals surface area contributed by atoms with Crippen molar-refractivity contribution in [3.8, 4) is 0 Å². The number of amides is 1. The summed E-state index contributed by atoms with van der Waals surface area (Å²) in [4.78, 5) is 23.0. The van der Waals surface area contributed by atoms with E-state index >= 15 is 0 Å². The molecule has 2 fully saturated rings. The third kappa shape index (κ3) is 2.66. The van der Waals surface area contributed by atoms with Gasteiger partial charge in [0.1, 0.15) is 0 Å². The number of hydrogen-bond donors (Lipinski definition) is 2. The predicted molar refractivity (Wildman–Crippen MR) is 65.1 cm³/mol. The molecule has 0 bridgehead atoms. The van der Waals surface area contributed by atoms with Crippen molar-refractivity contribution in [3.05, 3.63) is 0 Å². The monoisotopic (exact) mass is 255 g/mol. The number of hydrogen-bond acceptors (Lipinski definition) is 3. The average Bonchev–Trinajstić information content (AvgIpc) is 2.71.